The molecule has 0 bridgehead atoms. The third kappa shape index (κ3) is 3.16. The highest BCUT2D eigenvalue weighted by atomic mass is 28.4. The Balaban J connectivity index is 1.91. The van der Waals surface area contributed by atoms with Crippen LogP contribution >= 0.6 is 0 Å². The Morgan fingerprint density at radius 1 is 1.45 bits per heavy atom. The van der Waals surface area contributed by atoms with E-state index in [0.717, 1.165) is 0 Å². The number of rotatable bonds is 3. The van der Waals surface area contributed by atoms with Crippen LogP contribution in [0.25, 0.3) is 0 Å². The molecule has 0 spiro atoms. The van der Waals surface area contributed by atoms with Crippen molar-refractivity contribution in [2.45, 2.75) is 69.9 Å². The highest BCUT2D eigenvalue weighted by Crippen LogP contribution is 2.37. The third-order valence-electron chi connectivity index (χ3n) is 4.51. The van der Waals surface area contributed by atoms with Crippen molar-refractivity contribution in [3.05, 3.63) is 0 Å². The molecule has 2 rings (SSSR count). The van der Waals surface area contributed by atoms with Crippen LogP contribution in [0.15, 0.2) is 0 Å². The second kappa shape index (κ2) is 5.29. The number of carbonyl (C=O) groups is 1. The Labute approximate surface area is 120 Å². The van der Waals surface area contributed by atoms with Gasteiger partial charge in [-0.05, 0) is 18.1 Å². The number of aliphatic hydroxyl groups is 1. The Bertz CT molecular complexity index is 381. The van der Waals surface area contributed by atoms with Crippen molar-refractivity contribution in [1.29, 1.82) is 0 Å². The van der Waals surface area contributed by atoms with E-state index in [1.165, 1.54) is 0 Å². The molecule has 116 valence electrons. The topological polar surface area (TPSA) is 77.0 Å². The molecule has 2 fully saturated rings. The molecule has 0 aromatic heterocycles. The van der Waals surface area contributed by atoms with Crippen LogP contribution in [0.5, 0.6) is 0 Å². The van der Waals surface area contributed by atoms with E-state index in [0.29, 0.717) is 13.0 Å². The second-order valence-electron chi connectivity index (χ2n) is 7.08. The summed E-state index contributed by atoms with van der Waals surface area (Å²) in [5, 5.41) is 12.7. The van der Waals surface area contributed by atoms with Gasteiger partial charge in [0.15, 0.2) is 20.7 Å². The van der Waals surface area contributed by atoms with E-state index in [-0.39, 0.29) is 17.2 Å². The van der Waals surface area contributed by atoms with Gasteiger partial charge < -0.3 is 24.3 Å². The third-order valence-corrected chi connectivity index (χ3v) is 9.01. The number of carbonyl (C=O) groups excluding carboxylic acids is 1. The highest BCUT2D eigenvalue weighted by Gasteiger charge is 2.46. The van der Waals surface area contributed by atoms with Crippen LogP contribution in [-0.4, -0.2) is 50.7 Å². The monoisotopic (exact) mass is 303 g/mol. The molecule has 20 heavy (non-hydrogen) atoms. The van der Waals surface area contributed by atoms with Gasteiger partial charge >= 0.3 is 6.09 Å². The van der Waals surface area contributed by atoms with E-state index in [1.54, 1.807) is 0 Å². The van der Waals surface area contributed by atoms with E-state index in [2.05, 4.69) is 39.2 Å². The lowest BCUT2D eigenvalue weighted by molar-refractivity contribution is -0.216. The summed E-state index contributed by atoms with van der Waals surface area (Å²) >= 11 is 0. The first-order chi connectivity index (χ1) is 9.10. The van der Waals surface area contributed by atoms with E-state index in [4.69, 9.17) is 13.9 Å². The first-order valence-electron chi connectivity index (χ1n) is 7.05. The van der Waals surface area contributed by atoms with Crippen LogP contribution in [0.4, 0.5) is 4.79 Å². The number of alkyl carbamates (subject to hydrolysis) is 1. The van der Waals surface area contributed by atoms with E-state index in [9.17, 15) is 9.90 Å². The maximum absolute atomic E-state index is 11.2. The summed E-state index contributed by atoms with van der Waals surface area (Å²) in [5.41, 5.74) is 0. The van der Waals surface area contributed by atoms with Gasteiger partial charge in [0.25, 0.3) is 0 Å². The van der Waals surface area contributed by atoms with E-state index in [1.807, 2.05) is 0 Å². The molecule has 0 aromatic carbocycles. The molecule has 6 nitrogen and oxygen atoms in total. The van der Waals surface area contributed by atoms with Crippen molar-refractivity contribution in [3.63, 3.8) is 0 Å². The molecule has 7 heteroatoms. The minimum absolute atomic E-state index is 0.132. The molecule has 2 aliphatic rings. The van der Waals surface area contributed by atoms with Crippen LogP contribution in [0.2, 0.25) is 18.1 Å². The zero-order valence-electron chi connectivity index (χ0n) is 12.8. The van der Waals surface area contributed by atoms with E-state index >= 15 is 0 Å². The van der Waals surface area contributed by atoms with Gasteiger partial charge in [0, 0.05) is 6.42 Å². The Morgan fingerprint density at radius 3 is 2.70 bits per heavy atom. The molecule has 0 radical (unpaired) electrons. The van der Waals surface area contributed by atoms with Crippen molar-refractivity contribution >= 4 is 14.4 Å². The van der Waals surface area contributed by atoms with Crippen molar-refractivity contribution in [2.75, 3.05) is 6.61 Å². The summed E-state index contributed by atoms with van der Waals surface area (Å²) < 4.78 is 16.6. The quantitative estimate of drug-likeness (QED) is 0.774. The lowest BCUT2D eigenvalue weighted by atomic mass is 10.0. The van der Waals surface area contributed by atoms with Gasteiger partial charge in [-0.2, -0.15) is 0 Å². The summed E-state index contributed by atoms with van der Waals surface area (Å²) in [6, 6.07) is -0.195. The number of amides is 1. The van der Waals surface area contributed by atoms with Gasteiger partial charge in [-0.15, -0.1) is 0 Å². The number of hydrogen-bond donors (Lipinski definition) is 2. The van der Waals surface area contributed by atoms with E-state index < -0.39 is 26.8 Å². The van der Waals surface area contributed by atoms with Crippen molar-refractivity contribution in [3.8, 4) is 0 Å². The predicted octanol–water partition coefficient (Wildman–Crippen LogP) is 1.59. The number of fused-ring (bicyclic) bond motifs is 1. The van der Waals surface area contributed by atoms with Crippen LogP contribution < -0.4 is 5.32 Å². The molecule has 1 amide bonds. The minimum Gasteiger partial charge on any atom is -0.439 e. The fourth-order valence-electron chi connectivity index (χ4n) is 2.16. The first kappa shape index (κ1) is 15.8. The smallest absolute Gasteiger partial charge is 0.408 e. The van der Waals surface area contributed by atoms with Gasteiger partial charge in [-0.3, -0.25) is 0 Å². The zero-order valence-corrected chi connectivity index (χ0v) is 13.8. The predicted molar refractivity (Wildman–Crippen MR) is 75.8 cm³/mol. The fraction of sp³-hybridized carbons (Fsp3) is 0.923. The molecule has 2 aliphatic heterocycles. The van der Waals surface area contributed by atoms with Gasteiger partial charge in [0.1, 0.15) is 0 Å². The molecule has 2 heterocycles. The number of nitrogens with one attached hydrogen (secondary N) is 1. The standard InChI is InChI=1S/C13H25NO5Si/c1-13(2,3)20(4,5)17-7-8-6-9-10(11(15)18-8)19-12(16)14-9/h8-11,15H,6-7H2,1-5H3,(H,14,16)/t8-,9-,10+,11?/m0/s1. The molecule has 2 saturated heterocycles. The van der Waals surface area contributed by atoms with Gasteiger partial charge in [-0.1, -0.05) is 20.8 Å². The Kier molecular flexibility index (Phi) is 4.16. The van der Waals surface area contributed by atoms with Gasteiger partial charge in [0.05, 0.1) is 18.8 Å². The van der Waals surface area contributed by atoms with Crippen molar-refractivity contribution in [2.24, 2.45) is 0 Å². The fourth-order valence-corrected chi connectivity index (χ4v) is 3.20. The van der Waals surface area contributed by atoms with Crippen LogP contribution in [-0.2, 0) is 13.9 Å². The lowest BCUT2D eigenvalue weighted by Crippen LogP contribution is -2.52. The Morgan fingerprint density at radius 2 is 2.10 bits per heavy atom. The molecule has 1 unspecified atom stereocenters. The van der Waals surface area contributed by atoms with Crippen LogP contribution in [0, 0.1) is 0 Å². The number of aliphatic hydroxyl groups excluding tert-OH is 1. The summed E-state index contributed by atoms with van der Waals surface area (Å²) in [5.74, 6) is 0. The summed E-state index contributed by atoms with van der Waals surface area (Å²) in [4.78, 5) is 11.2. The molecule has 0 saturated carbocycles. The van der Waals surface area contributed by atoms with Gasteiger partial charge in [-0.25, -0.2) is 4.79 Å². The summed E-state index contributed by atoms with van der Waals surface area (Å²) in [6.45, 7) is 11.3. The number of hydrogen-bond acceptors (Lipinski definition) is 5. The molecular weight excluding hydrogens is 278 g/mol. The lowest BCUT2D eigenvalue weighted by Gasteiger charge is -2.39. The average Bonchev–Trinajstić information content (AvgIpc) is 2.66. The largest absolute Gasteiger partial charge is 0.439 e. The van der Waals surface area contributed by atoms with Crippen LogP contribution in [0.3, 0.4) is 0 Å². The Hall–Kier alpha value is -0.633. The summed E-state index contributed by atoms with van der Waals surface area (Å²) in [7, 11) is -1.84. The first-order valence-corrected chi connectivity index (χ1v) is 9.95. The normalized spacial score (nSPS) is 34.4. The van der Waals surface area contributed by atoms with Crippen molar-refractivity contribution in [1.82, 2.24) is 5.32 Å². The molecule has 4 atom stereocenters. The summed E-state index contributed by atoms with van der Waals surface area (Å²) in [6.07, 6.45) is -1.80. The van der Waals surface area contributed by atoms with Crippen molar-refractivity contribution < 1.29 is 23.8 Å². The average molecular weight is 303 g/mol. The molecular formula is C13H25NO5Si. The van der Waals surface area contributed by atoms with Gasteiger partial charge in [0.2, 0.25) is 0 Å². The molecule has 2 N–H and O–H groups in total. The second-order valence-corrected chi connectivity index (χ2v) is 11.9. The maximum atomic E-state index is 11.2. The maximum Gasteiger partial charge on any atom is 0.408 e. The molecule has 0 aromatic rings. The SMILES string of the molecule is CC(C)(C)[Si](C)(C)OC[C@@H]1C[C@@H]2NC(=O)O[C@H]2C(O)O1. The zero-order chi connectivity index (χ0) is 15.1. The number of ether oxygens (including phenoxy) is 2. The minimum atomic E-state index is -1.84. The highest BCUT2D eigenvalue weighted by molar-refractivity contribution is 6.74. The molecule has 0 aliphatic carbocycles. The van der Waals surface area contributed by atoms with Crippen LogP contribution in [0.1, 0.15) is 27.2 Å².